The maximum atomic E-state index is 13.6. The molecule has 2 aromatic rings. The van der Waals surface area contributed by atoms with Gasteiger partial charge in [0, 0.05) is 5.92 Å². The Morgan fingerprint density at radius 1 is 0.889 bits per heavy atom. The third-order valence-corrected chi connectivity index (χ3v) is 5.98. The van der Waals surface area contributed by atoms with Crippen LogP contribution in [-0.4, -0.2) is 55.1 Å². The van der Waals surface area contributed by atoms with Crippen LogP contribution in [-0.2, 0) is 33.4 Å². The second-order valence-corrected chi connectivity index (χ2v) is 9.53. The first-order valence-electron chi connectivity index (χ1n) is 11.5. The number of nitrogens with one attached hydrogen (secondary N) is 1. The predicted octanol–water partition coefficient (Wildman–Crippen LogP) is 3.07. The molecule has 190 valence electrons. The molecule has 1 heterocycles. The number of rotatable bonds is 7. The number of esters is 3. The first-order chi connectivity index (χ1) is 17.0. The standard InChI is InChI=1S/C28H31NO7/c1-27(2,3)36-24(31)22-20(19-14-10-7-11-15-19)21(23(30)25(32)34-4)28(29-22,26(33)35-5)17-16-18-12-8-6-9-13-18/h6-17,20-22,29H,1-5H3/b17-16+/t20-,21+,22-,28+/m1/s1. The largest absolute Gasteiger partial charge is 0.467 e. The van der Waals surface area contributed by atoms with Crippen molar-refractivity contribution in [2.45, 2.75) is 43.9 Å². The molecular formula is C28H31NO7. The van der Waals surface area contributed by atoms with Crippen molar-refractivity contribution in [1.29, 1.82) is 0 Å². The van der Waals surface area contributed by atoms with Crippen LogP contribution in [0.25, 0.3) is 6.08 Å². The average molecular weight is 494 g/mol. The van der Waals surface area contributed by atoms with Gasteiger partial charge >= 0.3 is 17.9 Å². The fraction of sp³-hybridized carbons (Fsp3) is 0.357. The molecule has 1 aliphatic rings. The molecule has 4 atom stereocenters. The smallest absolute Gasteiger partial charge is 0.374 e. The Balaban J connectivity index is 2.27. The van der Waals surface area contributed by atoms with Crippen molar-refractivity contribution in [1.82, 2.24) is 5.32 Å². The second kappa shape index (κ2) is 10.9. The van der Waals surface area contributed by atoms with E-state index in [1.165, 1.54) is 13.2 Å². The highest BCUT2D eigenvalue weighted by molar-refractivity contribution is 6.36. The average Bonchev–Trinajstić information content (AvgIpc) is 3.22. The van der Waals surface area contributed by atoms with E-state index in [4.69, 9.17) is 14.2 Å². The maximum Gasteiger partial charge on any atom is 0.374 e. The summed E-state index contributed by atoms with van der Waals surface area (Å²) < 4.78 is 15.5. The molecule has 0 saturated carbocycles. The van der Waals surface area contributed by atoms with E-state index in [2.05, 4.69) is 5.32 Å². The van der Waals surface area contributed by atoms with Gasteiger partial charge in [-0.3, -0.25) is 14.9 Å². The molecule has 0 aromatic heterocycles. The van der Waals surface area contributed by atoms with Crippen molar-refractivity contribution in [3.05, 3.63) is 77.9 Å². The van der Waals surface area contributed by atoms with Gasteiger partial charge in [-0.1, -0.05) is 72.8 Å². The fourth-order valence-corrected chi connectivity index (χ4v) is 4.51. The summed E-state index contributed by atoms with van der Waals surface area (Å²) >= 11 is 0. The van der Waals surface area contributed by atoms with Gasteiger partial charge in [0.15, 0.2) is 0 Å². The number of hydrogen-bond acceptors (Lipinski definition) is 8. The molecule has 8 nitrogen and oxygen atoms in total. The number of benzene rings is 2. The van der Waals surface area contributed by atoms with E-state index in [-0.39, 0.29) is 0 Å². The number of methoxy groups -OCH3 is 2. The van der Waals surface area contributed by atoms with Crippen molar-refractivity contribution >= 4 is 29.8 Å². The minimum absolute atomic E-state index is 0.571. The van der Waals surface area contributed by atoms with Crippen LogP contribution in [0.15, 0.2) is 66.7 Å². The first kappa shape index (κ1) is 26.8. The van der Waals surface area contributed by atoms with Gasteiger partial charge in [-0.05, 0) is 31.9 Å². The van der Waals surface area contributed by atoms with E-state index < -0.39 is 52.7 Å². The minimum atomic E-state index is -1.86. The first-order valence-corrected chi connectivity index (χ1v) is 11.5. The topological polar surface area (TPSA) is 108 Å². The molecule has 8 heteroatoms. The van der Waals surface area contributed by atoms with Crippen LogP contribution in [0.1, 0.15) is 37.8 Å². The monoisotopic (exact) mass is 493 g/mol. The molecule has 36 heavy (non-hydrogen) atoms. The second-order valence-electron chi connectivity index (χ2n) is 9.53. The lowest BCUT2D eigenvalue weighted by Crippen LogP contribution is -2.56. The maximum absolute atomic E-state index is 13.6. The molecule has 3 rings (SSSR count). The molecular weight excluding hydrogens is 462 g/mol. The van der Waals surface area contributed by atoms with Crippen LogP contribution in [0.5, 0.6) is 0 Å². The lowest BCUT2D eigenvalue weighted by Gasteiger charge is -2.30. The zero-order valence-corrected chi connectivity index (χ0v) is 21.0. The van der Waals surface area contributed by atoms with E-state index >= 15 is 0 Å². The number of ether oxygens (including phenoxy) is 3. The zero-order chi connectivity index (χ0) is 26.5. The summed E-state index contributed by atoms with van der Waals surface area (Å²) in [6.45, 7) is 5.16. The van der Waals surface area contributed by atoms with Gasteiger partial charge in [0.05, 0.1) is 20.1 Å². The van der Waals surface area contributed by atoms with Crippen LogP contribution in [0.3, 0.4) is 0 Å². The number of hydrogen-bond donors (Lipinski definition) is 1. The van der Waals surface area contributed by atoms with Gasteiger partial charge in [-0.2, -0.15) is 0 Å². The Morgan fingerprint density at radius 2 is 1.47 bits per heavy atom. The Bertz CT molecular complexity index is 1140. The van der Waals surface area contributed by atoms with Crippen molar-refractivity contribution < 1.29 is 33.4 Å². The Kier molecular flexibility index (Phi) is 8.10. The molecule has 0 radical (unpaired) electrons. The van der Waals surface area contributed by atoms with Crippen molar-refractivity contribution in [3.63, 3.8) is 0 Å². The zero-order valence-electron chi connectivity index (χ0n) is 21.0. The molecule has 0 spiro atoms. The summed E-state index contributed by atoms with van der Waals surface area (Å²) in [5.74, 6) is -5.90. The summed E-state index contributed by atoms with van der Waals surface area (Å²) in [5.41, 5.74) is -1.39. The van der Waals surface area contributed by atoms with E-state index in [1.807, 2.05) is 30.3 Å². The van der Waals surface area contributed by atoms with Crippen LogP contribution >= 0.6 is 0 Å². The summed E-state index contributed by atoms with van der Waals surface area (Å²) in [6.07, 6.45) is 3.11. The van der Waals surface area contributed by atoms with E-state index in [9.17, 15) is 19.2 Å². The highest BCUT2D eigenvalue weighted by atomic mass is 16.6. The van der Waals surface area contributed by atoms with Gasteiger partial charge in [0.25, 0.3) is 0 Å². The highest BCUT2D eigenvalue weighted by Gasteiger charge is 2.63. The normalized spacial score (nSPS) is 23.8. The minimum Gasteiger partial charge on any atom is -0.467 e. The van der Waals surface area contributed by atoms with Crippen LogP contribution in [0.4, 0.5) is 0 Å². The molecule has 1 fully saturated rings. The Labute approximate surface area is 210 Å². The molecule has 1 aliphatic heterocycles. The molecule has 2 aromatic carbocycles. The van der Waals surface area contributed by atoms with Gasteiger partial charge in [-0.15, -0.1) is 0 Å². The van der Waals surface area contributed by atoms with Gasteiger partial charge in [0.2, 0.25) is 5.78 Å². The van der Waals surface area contributed by atoms with Gasteiger partial charge in [-0.25, -0.2) is 9.59 Å². The lowest BCUT2D eigenvalue weighted by molar-refractivity contribution is -0.158. The molecule has 0 bridgehead atoms. The van der Waals surface area contributed by atoms with E-state index in [1.54, 1.807) is 57.2 Å². The Morgan fingerprint density at radius 3 is 2.00 bits per heavy atom. The SMILES string of the molecule is COC(=O)C(=O)[C@@H]1[C@@H](c2ccccc2)[C@H](C(=O)OC(C)(C)C)N[C@]1(/C=C/c1ccccc1)C(=O)OC. The highest BCUT2D eigenvalue weighted by Crippen LogP contribution is 2.45. The summed E-state index contributed by atoms with van der Waals surface area (Å²) in [4.78, 5) is 53.0. The number of carbonyl (C=O) groups is 4. The van der Waals surface area contributed by atoms with Crippen molar-refractivity contribution in [2.24, 2.45) is 5.92 Å². The van der Waals surface area contributed by atoms with Gasteiger partial charge in [0.1, 0.15) is 17.2 Å². The number of carbonyl (C=O) groups excluding carboxylic acids is 4. The Hall–Kier alpha value is -3.78. The lowest BCUT2D eigenvalue weighted by atomic mass is 9.72. The van der Waals surface area contributed by atoms with Crippen LogP contribution in [0.2, 0.25) is 0 Å². The van der Waals surface area contributed by atoms with Crippen LogP contribution in [0, 0.1) is 5.92 Å². The molecule has 1 saturated heterocycles. The summed E-state index contributed by atoms with van der Waals surface area (Å²) in [7, 11) is 2.27. The molecule has 0 amide bonds. The van der Waals surface area contributed by atoms with Crippen LogP contribution < -0.4 is 5.32 Å². The fourth-order valence-electron chi connectivity index (χ4n) is 4.51. The quantitative estimate of drug-likeness (QED) is 0.356. The van der Waals surface area contributed by atoms with E-state index in [0.29, 0.717) is 5.56 Å². The molecule has 1 N–H and O–H groups in total. The van der Waals surface area contributed by atoms with Crippen molar-refractivity contribution in [3.8, 4) is 0 Å². The van der Waals surface area contributed by atoms with Crippen molar-refractivity contribution in [2.75, 3.05) is 14.2 Å². The predicted molar refractivity (Wildman–Crippen MR) is 133 cm³/mol. The van der Waals surface area contributed by atoms with Gasteiger partial charge < -0.3 is 14.2 Å². The third-order valence-electron chi connectivity index (χ3n) is 5.98. The van der Waals surface area contributed by atoms with E-state index in [0.717, 1.165) is 12.7 Å². The number of Topliss-reactive ketones (excluding diaryl/α,β-unsaturated/α-hetero) is 1. The third kappa shape index (κ3) is 5.54. The molecule has 0 unspecified atom stereocenters. The summed E-state index contributed by atoms with van der Waals surface area (Å²) in [5, 5.41) is 3.04. The summed E-state index contributed by atoms with van der Waals surface area (Å²) in [6, 6.07) is 16.7. The molecule has 0 aliphatic carbocycles. The number of ketones is 1.